The standard InChI is InChI=1S/C16H27N3O5S/c1-11(9-23-14-5-3-4-6-14)10-25(21,22)19-8-13(20)7-15(19)16-17-12(2)18-24-16/h11,13-15,20H,3-10H2,1-2H3/t11?,13-,15+/m0/s1. The lowest BCUT2D eigenvalue weighted by atomic mass is 10.2. The van der Waals surface area contributed by atoms with Crippen molar-refractivity contribution in [1.82, 2.24) is 14.4 Å². The van der Waals surface area contributed by atoms with Crippen molar-refractivity contribution in [2.24, 2.45) is 5.92 Å². The van der Waals surface area contributed by atoms with Crippen LogP contribution in [0.3, 0.4) is 0 Å². The van der Waals surface area contributed by atoms with Crippen molar-refractivity contribution in [3.05, 3.63) is 11.7 Å². The number of hydrogen-bond donors (Lipinski definition) is 1. The third-order valence-electron chi connectivity index (χ3n) is 4.83. The summed E-state index contributed by atoms with van der Waals surface area (Å²) in [5.41, 5.74) is 0. The summed E-state index contributed by atoms with van der Waals surface area (Å²) >= 11 is 0. The van der Waals surface area contributed by atoms with Crippen molar-refractivity contribution >= 4 is 10.0 Å². The van der Waals surface area contributed by atoms with E-state index in [-0.39, 0.29) is 36.6 Å². The number of hydrogen-bond acceptors (Lipinski definition) is 7. The van der Waals surface area contributed by atoms with E-state index < -0.39 is 22.2 Å². The molecular formula is C16H27N3O5S. The van der Waals surface area contributed by atoms with Crippen LogP contribution in [0.25, 0.3) is 0 Å². The lowest BCUT2D eigenvalue weighted by Gasteiger charge is -2.23. The Morgan fingerprint density at radius 3 is 2.76 bits per heavy atom. The summed E-state index contributed by atoms with van der Waals surface area (Å²) in [5.74, 6) is 0.559. The lowest BCUT2D eigenvalue weighted by molar-refractivity contribution is 0.0410. The summed E-state index contributed by atoms with van der Waals surface area (Å²) in [5, 5.41) is 13.7. The van der Waals surface area contributed by atoms with Crippen LogP contribution in [0.2, 0.25) is 0 Å². The molecule has 1 saturated carbocycles. The van der Waals surface area contributed by atoms with Crippen molar-refractivity contribution in [3.63, 3.8) is 0 Å². The van der Waals surface area contributed by atoms with E-state index in [0.29, 0.717) is 12.4 Å². The van der Waals surface area contributed by atoms with Gasteiger partial charge in [-0.05, 0) is 25.7 Å². The van der Waals surface area contributed by atoms with E-state index in [1.807, 2.05) is 6.92 Å². The molecular weight excluding hydrogens is 346 g/mol. The van der Waals surface area contributed by atoms with Gasteiger partial charge in [-0.3, -0.25) is 0 Å². The molecule has 0 radical (unpaired) electrons. The molecule has 0 bridgehead atoms. The lowest BCUT2D eigenvalue weighted by Crippen LogP contribution is -2.36. The highest BCUT2D eigenvalue weighted by Crippen LogP contribution is 2.34. The molecule has 2 fully saturated rings. The zero-order chi connectivity index (χ0) is 18.0. The Kier molecular flexibility index (Phi) is 5.77. The Balaban J connectivity index is 1.62. The van der Waals surface area contributed by atoms with Gasteiger partial charge in [0.1, 0.15) is 6.04 Å². The second kappa shape index (κ2) is 7.69. The van der Waals surface area contributed by atoms with Crippen LogP contribution >= 0.6 is 0 Å². The maximum Gasteiger partial charge on any atom is 0.245 e. The molecule has 0 amide bonds. The number of rotatable bonds is 7. The number of aryl methyl sites for hydroxylation is 1. The molecule has 1 unspecified atom stereocenters. The third kappa shape index (κ3) is 4.58. The van der Waals surface area contributed by atoms with Gasteiger partial charge in [0.2, 0.25) is 15.9 Å². The number of aromatic nitrogens is 2. The van der Waals surface area contributed by atoms with Crippen molar-refractivity contribution < 1.29 is 22.8 Å². The minimum absolute atomic E-state index is 0.0178. The van der Waals surface area contributed by atoms with E-state index in [0.717, 1.165) is 12.8 Å². The van der Waals surface area contributed by atoms with Gasteiger partial charge >= 0.3 is 0 Å². The highest BCUT2D eigenvalue weighted by molar-refractivity contribution is 7.89. The second-order valence-electron chi connectivity index (χ2n) is 7.28. The molecule has 1 N–H and O–H groups in total. The number of ether oxygens (including phenoxy) is 1. The molecule has 1 aliphatic carbocycles. The summed E-state index contributed by atoms with van der Waals surface area (Å²) < 4.78 is 38.0. The fraction of sp³-hybridized carbons (Fsp3) is 0.875. The fourth-order valence-corrected chi connectivity index (χ4v) is 5.59. The van der Waals surface area contributed by atoms with Crippen LogP contribution in [-0.4, -0.2) is 59.1 Å². The van der Waals surface area contributed by atoms with E-state index in [1.54, 1.807) is 6.92 Å². The first-order valence-electron chi connectivity index (χ1n) is 8.94. The molecule has 1 aromatic rings. The quantitative estimate of drug-likeness (QED) is 0.770. The first-order chi connectivity index (χ1) is 11.8. The van der Waals surface area contributed by atoms with Crippen molar-refractivity contribution in [3.8, 4) is 0 Å². The number of aliphatic hydroxyl groups is 1. The van der Waals surface area contributed by atoms with Crippen LogP contribution in [0.4, 0.5) is 0 Å². The summed E-state index contributed by atoms with van der Waals surface area (Å²) in [4.78, 5) is 4.14. The molecule has 2 aliphatic rings. The van der Waals surface area contributed by atoms with Crippen LogP contribution in [0.1, 0.15) is 56.8 Å². The Hall–Kier alpha value is -1.03. The molecule has 8 nitrogen and oxygen atoms in total. The van der Waals surface area contributed by atoms with E-state index in [2.05, 4.69) is 10.1 Å². The average Bonchev–Trinajstić information content (AvgIpc) is 3.25. The van der Waals surface area contributed by atoms with Crippen LogP contribution in [-0.2, 0) is 14.8 Å². The monoisotopic (exact) mass is 373 g/mol. The van der Waals surface area contributed by atoms with Gasteiger partial charge in [0.15, 0.2) is 5.82 Å². The van der Waals surface area contributed by atoms with Crippen LogP contribution in [0, 0.1) is 12.8 Å². The van der Waals surface area contributed by atoms with Crippen LogP contribution in [0.5, 0.6) is 0 Å². The Bertz CT molecular complexity index is 671. The SMILES string of the molecule is Cc1noc([C@H]2C[C@H](O)CN2S(=O)(=O)CC(C)COC2CCCC2)n1. The largest absolute Gasteiger partial charge is 0.392 e. The number of β-amino-alcohol motifs (C(OH)–C–C–N with tert-alkyl or cyclic N) is 1. The molecule has 9 heteroatoms. The van der Waals surface area contributed by atoms with E-state index in [9.17, 15) is 13.5 Å². The van der Waals surface area contributed by atoms with Gasteiger partial charge in [-0.15, -0.1) is 0 Å². The summed E-state index contributed by atoms with van der Waals surface area (Å²) in [6.45, 7) is 4.06. The van der Waals surface area contributed by atoms with Gasteiger partial charge < -0.3 is 14.4 Å². The smallest absolute Gasteiger partial charge is 0.245 e. The van der Waals surface area contributed by atoms with E-state index in [1.165, 1.54) is 17.1 Å². The summed E-state index contributed by atoms with van der Waals surface area (Å²) in [7, 11) is -3.56. The molecule has 0 spiro atoms. The first-order valence-corrected chi connectivity index (χ1v) is 10.6. The highest BCUT2D eigenvalue weighted by atomic mass is 32.2. The van der Waals surface area contributed by atoms with Gasteiger partial charge in [-0.25, -0.2) is 8.42 Å². The molecule has 1 saturated heterocycles. The van der Waals surface area contributed by atoms with Gasteiger partial charge in [0.05, 0.1) is 24.6 Å². The highest BCUT2D eigenvalue weighted by Gasteiger charge is 2.42. The zero-order valence-corrected chi connectivity index (χ0v) is 15.6. The first kappa shape index (κ1) is 18.8. The predicted octanol–water partition coefficient (Wildman–Crippen LogP) is 1.41. The van der Waals surface area contributed by atoms with Crippen molar-refractivity contribution in [2.75, 3.05) is 18.9 Å². The molecule has 25 heavy (non-hydrogen) atoms. The predicted molar refractivity (Wildman–Crippen MR) is 90.3 cm³/mol. The zero-order valence-electron chi connectivity index (χ0n) is 14.8. The second-order valence-corrected chi connectivity index (χ2v) is 9.24. The molecule has 1 aliphatic heterocycles. The minimum Gasteiger partial charge on any atom is -0.392 e. The average molecular weight is 373 g/mol. The van der Waals surface area contributed by atoms with Crippen molar-refractivity contribution in [1.29, 1.82) is 0 Å². The van der Waals surface area contributed by atoms with Gasteiger partial charge in [-0.2, -0.15) is 9.29 Å². The Morgan fingerprint density at radius 2 is 2.12 bits per heavy atom. The number of nitrogens with zero attached hydrogens (tertiary/aromatic N) is 3. The van der Waals surface area contributed by atoms with Crippen LogP contribution in [0.15, 0.2) is 4.52 Å². The Morgan fingerprint density at radius 1 is 1.40 bits per heavy atom. The molecule has 142 valence electrons. The maximum absolute atomic E-state index is 12.8. The van der Waals surface area contributed by atoms with Gasteiger partial charge in [0, 0.05) is 13.0 Å². The molecule has 2 heterocycles. The normalized spacial score (nSPS) is 27.2. The topological polar surface area (TPSA) is 106 Å². The van der Waals surface area contributed by atoms with Crippen molar-refractivity contribution in [2.45, 2.75) is 64.2 Å². The third-order valence-corrected chi connectivity index (χ3v) is 6.94. The maximum atomic E-state index is 12.8. The van der Waals surface area contributed by atoms with E-state index >= 15 is 0 Å². The Labute approximate surface area is 148 Å². The molecule has 3 atom stereocenters. The summed E-state index contributed by atoms with van der Waals surface area (Å²) in [6.07, 6.45) is 4.33. The van der Waals surface area contributed by atoms with Crippen LogP contribution < -0.4 is 0 Å². The molecule has 1 aromatic heterocycles. The van der Waals surface area contributed by atoms with E-state index in [4.69, 9.17) is 9.26 Å². The van der Waals surface area contributed by atoms with Gasteiger partial charge in [0.25, 0.3) is 0 Å². The fourth-order valence-electron chi connectivity index (χ4n) is 3.62. The molecule has 3 rings (SSSR count). The number of aliphatic hydroxyl groups excluding tert-OH is 1. The summed E-state index contributed by atoms with van der Waals surface area (Å²) in [6, 6.07) is -0.593. The number of sulfonamides is 1. The minimum atomic E-state index is -3.56. The molecule has 0 aromatic carbocycles. The van der Waals surface area contributed by atoms with Gasteiger partial charge in [-0.1, -0.05) is 24.9 Å².